The number of aromatic amines is 1. The molecule has 322 valence electrons. The first-order chi connectivity index (χ1) is 29.3. The molecule has 3 heterocycles. The van der Waals surface area contributed by atoms with Crippen LogP contribution < -0.4 is 19.7 Å². The van der Waals surface area contributed by atoms with Crippen molar-refractivity contribution in [3.63, 3.8) is 0 Å². The third-order valence-electron chi connectivity index (χ3n) is 12.6. The van der Waals surface area contributed by atoms with Gasteiger partial charge >= 0.3 is 0 Å². The predicted molar refractivity (Wildman–Crippen MR) is 248 cm³/mol. The van der Waals surface area contributed by atoms with Crippen LogP contribution in [0.5, 0.6) is 11.5 Å². The van der Waals surface area contributed by atoms with Crippen molar-refractivity contribution in [3.8, 4) is 11.5 Å². The summed E-state index contributed by atoms with van der Waals surface area (Å²) in [7, 11) is -2.07. The Labute approximate surface area is 365 Å². The van der Waals surface area contributed by atoms with Crippen molar-refractivity contribution < 1.29 is 17.9 Å². The van der Waals surface area contributed by atoms with Gasteiger partial charge in [0.05, 0.1) is 10.5 Å². The predicted octanol–water partition coefficient (Wildman–Crippen LogP) is 8.49. The molecule has 61 heavy (non-hydrogen) atoms. The molecule has 2 aliphatic heterocycles. The number of likely N-dealkylation sites (N-methyl/N-ethyl adjacent to an activating group) is 1. The highest BCUT2D eigenvalue weighted by atomic mass is 35.5. The fourth-order valence-corrected chi connectivity index (χ4v) is 9.98. The van der Waals surface area contributed by atoms with E-state index in [1.165, 1.54) is 29.2 Å². The molecule has 1 aromatic heterocycles. The summed E-state index contributed by atoms with van der Waals surface area (Å²) in [5.74, 6) is 0.0736. The van der Waals surface area contributed by atoms with Crippen LogP contribution in [-0.2, 0) is 10.0 Å². The number of hydrogen-bond acceptors (Lipinski definition) is 9. The van der Waals surface area contributed by atoms with Crippen LogP contribution in [0.15, 0.2) is 102 Å². The Morgan fingerprint density at radius 1 is 0.869 bits per heavy atom. The van der Waals surface area contributed by atoms with E-state index in [1.807, 2.05) is 61.7 Å². The molecule has 5 aromatic rings. The van der Waals surface area contributed by atoms with Gasteiger partial charge in [0.25, 0.3) is 15.9 Å². The van der Waals surface area contributed by atoms with Crippen LogP contribution in [0, 0.1) is 12.3 Å². The highest BCUT2D eigenvalue weighted by Gasteiger charge is 2.30. The first-order valence-electron chi connectivity index (χ1n) is 21.4. The summed E-state index contributed by atoms with van der Waals surface area (Å²) in [4.78, 5) is 26.8. The van der Waals surface area contributed by atoms with Crippen molar-refractivity contribution in [2.45, 2.75) is 44.9 Å². The summed E-state index contributed by atoms with van der Waals surface area (Å²) in [5.41, 5.74) is 8.04. The van der Waals surface area contributed by atoms with E-state index in [4.69, 9.17) is 16.3 Å². The summed E-state index contributed by atoms with van der Waals surface area (Å²) in [6.45, 7) is 16.7. The lowest BCUT2D eigenvalue weighted by molar-refractivity contribution is 0.0979. The second-order valence-corrected chi connectivity index (χ2v) is 19.8. The molecule has 11 nitrogen and oxygen atoms in total. The van der Waals surface area contributed by atoms with E-state index in [-0.39, 0.29) is 21.6 Å². The van der Waals surface area contributed by atoms with Crippen molar-refractivity contribution >= 4 is 55.4 Å². The monoisotopic (exact) mass is 863 g/mol. The van der Waals surface area contributed by atoms with Gasteiger partial charge in [0, 0.05) is 112 Å². The first-order valence-corrected chi connectivity index (χ1v) is 23.3. The van der Waals surface area contributed by atoms with Crippen molar-refractivity contribution in [2.24, 2.45) is 5.41 Å². The Morgan fingerprint density at radius 3 is 2.38 bits per heavy atom. The normalized spacial score (nSPS) is 18.1. The number of fused-ring (bicyclic) bond motifs is 1. The molecule has 1 aliphatic carbocycles. The Morgan fingerprint density at radius 2 is 1.62 bits per heavy atom. The van der Waals surface area contributed by atoms with Crippen molar-refractivity contribution in [1.82, 2.24) is 24.4 Å². The molecule has 2 saturated heterocycles. The number of sulfonamides is 1. The Hall–Kier alpha value is -4.85. The van der Waals surface area contributed by atoms with Crippen LogP contribution in [0.1, 0.15) is 54.6 Å². The Kier molecular flexibility index (Phi) is 12.8. The maximum Gasteiger partial charge on any atom is 0.268 e. The number of rotatable bonds is 13. The van der Waals surface area contributed by atoms with Crippen LogP contribution >= 0.6 is 11.6 Å². The maximum atomic E-state index is 14.0. The maximum absolute atomic E-state index is 14.0. The first kappa shape index (κ1) is 42.8. The standard InChI is InChI=1S/C48H58ClN7O4S/c1-34-30-39(13-15-43(34)51-20-21-54-24-22-53(4)23-25-54)61(58,59)52-47(57)41-14-12-38(31-46(41)60-45-7-5-6-44-40(45)17-19-50-44)56-28-26-55(27-29-56)33-36-16-18-48(2,3)32-42(36)35-8-10-37(49)11-9-35/h5-15,17,19,30-31,50-51H,16,18,20-29,32-33H2,1-4H3,(H,52,57). The van der Waals surface area contributed by atoms with Gasteiger partial charge in [-0.15, -0.1) is 0 Å². The third-order valence-corrected chi connectivity index (χ3v) is 14.2. The second-order valence-electron chi connectivity index (χ2n) is 17.7. The van der Waals surface area contributed by atoms with E-state index in [0.717, 1.165) is 118 Å². The summed E-state index contributed by atoms with van der Waals surface area (Å²) in [5, 5.41) is 5.06. The van der Waals surface area contributed by atoms with E-state index in [0.29, 0.717) is 5.75 Å². The van der Waals surface area contributed by atoms with Gasteiger partial charge in [-0.05, 0) is 116 Å². The van der Waals surface area contributed by atoms with Crippen LogP contribution in [0.25, 0.3) is 16.5 Å². The number of halogens is 1. The molecule has 3 aliphatic rings. The number of aryl methyl sites for hydroxylation is 1. The Balaban J connectivity index is 0.973. The number of aromatic nitrogens is 1. The minimum Gasteiger partial charge on any atom is -0.456 e. The summed E-state index contributed by atoms with van der Waals surface area (Å²) in [6.07, 6.45) is 5.14. The van der Waals surface area contributed by atoms with Gasteiger partial charge in [-0.2, -0.15) is 0 Å². The molecular formula is C48H58ClN7O4S. The molecule has 13 heteroatoms. The van der Waals surface area contributed by atoms with Crippen molar-refractivity contribution in [1.29, 1.82) is 0 Å². The lowest BCUT2D eigenvalue weighted by Gasteiger charge is -2.39. The summed E-state index contributed by atoms with van der Waals surface area (Å²) >= 11 is 6.26. The number of hydrogen-bond donors (Lipinski definition) is 3. The average Bonchev–Trinajstić information content (AvgIpc) is 3.73. The molecule has 8 rings (SSSR count). The van der Waals surface area contributed by atoms with Crippen LogP contribution in [0.3, 0.4) is 0 Å². The van der Waals surface area contributed by atoms with E-state index in [9.17, 15) is 13.2 Å². The number of amides is 1. The third kappa shape index (κ3) is 10.3. The molecule has 1 amide bonds. The Bertz CT molecular complexity index is 2500. The molecule has 0 unspecified atom stereocenters. The van der Waals surface area contributed by atoms with Crippen LogP contribution in [0.4, 0.5) is 11.4 Å². The number of H-pyrrole nitrogens is 1. The molecule has 4 aromatic carbocycles. The number of piperazine rings is 2. The molecule has 0 spiro atoms. The van der Waals surface area contributed by atoms with Gasteiger partial charge in [-0.1, -0.05) is 49.2 Å². The fourth-order valence-electron chi connectivity index (χ4n) is 8.80. The zero-order chi connectivity index (χ0) is 42.7. The zero-order valence-corrected chi connectivity index (χ0v) is 37.3. The van der Waals surface area contributed by atoms with Gasteiger partial charge < -0.3 is 24.8 Å². The molecule has 2 fully saturated rings. The number of allylic oxidation sites excluding steroid dienone is 1. The second kappa shape index (κ2) is 18.2. The highest BCUT2D eigenvalue weighted by Crippen LogP contribution is 2.43. The molecule has 3 N–H and O–H groups in total. The van der Waals surface area contributed by atoms with E-state index < -0.39 is 15.9 Å². The topological polar surface area (TPSA) is 113 Å². The number of carbonyl (C=O) groups is 1. The smallest absolute Gasteiger partial charge is 0.268 e. The van der Waals surface area contributed by atoms with Gasteiger partial charge in [0.15, 0.2) is 0 Å². The van der Waals surface area contributed by atoms with E-state index >= 15 is 0 Å². The number of nitrogens with zero attached hydrogens (tertiary/aromatic N) is 4. The van der Waals surface area contributed by atoms with Gasteiger partial charge in [-0.3, -0.25) is 14.6 Å². The number of carbonyl (C=O) groups excluding carboxylic acids is 1. The number of ether oxygens (including phenoxy) is 1. The van der Waals surface area contributed by atoms with Gasteiger partial charge in [0.1, 0.15) is 11.5 Å². The highest BCUT2D eigenvalue weighted by molar-refractivity contribution is 7.90. The van der Waals surface area contributed by atoms with Crippen molar-refractivity contribution in [3.05, 3.63) is 118 Å². The number of benzene rings is 4. The quantitative estimate of drug-likeness (QED) is 0.107. The number of anilines is 2. The zero-order valence-electron chi connectivity index (χ0n) is 35.8. The number of nitrogens with one attached hydrogen (secondary N) is 3. The van der Waals surface area contributed by atoms with Gasteiger partial charge in [-0.25, -0.2) is 13.1 Å². The van der Waals surface area contributed by atoms with Crippen LogP contribution in [0.2, 0.25) is 5.02 Å². The largest absolute Gasteiger partial charge is 0.456 e. The van der Waals surface area contributed by atoms with E-state index in [1.54, 1.807) is 18.2 Å². The lowest BCUT2D eigenvalue weighted by atomic mass is 9.72. The minimum absolute atomic E-state index is 0.0185. The average molecular weight is 865 g/mol. The van der Waals surface area contributed by atoms with Gasteiger partial charge in [0.2, 0.25) is 0 Å². The molecule has 0 bridgehead atoms. The summed E-state index contributed by atoms with van der Waals surface area (Å²) < 4.78 is 36.4. The lowest BCUT2D eigenvalue weighted by Crippen LogP contribution is -2.47. The van der Waals surface area contributed by atoms with Crippen molar-refractivity contribution in [2.75, 3.05) is 89.3 Å². The molecular weight excluding hydrogens is 806 g/mol. The summed E-state index contributed by atoms with van der Waals surface area (Å²) in [6, 6.07) is 26.2. The SMILES string of the molecule is Cc1cc(S(=O)(=O)NC(=O)c2ccc(N3CCN(CC4=C(c5ccc(Cl)cc5)CC(C)(C)CC4)CC3)cc2Oc2cccc3[nH]ccc23)ccc1NCCN1CCN(C)CC1. The molecule has 0 radical (unpaired) electrons. The fraction of sp³-hybridized carbons (Fsp3) is 0.396. The molecule has 0 saturated carbocycles. The minimum atomic E-state index is -4.21. The molecule has 0 atom stereocenters. The van der Waals surface area contributed by atoms with Crippen LogP contribution in [-0.4, -0.2) is 113 Å². The van der Waals surface area contributed by atoms with E-state index in [2.05, 4.69) is 67.7 Å².